The van der Waals surface area contributed by atoms with Gasteiger partial charge in [-0.05, 0) is 145 Å². The molecule has 4 saturated carbocycles. The molecule has 4 rings (SSSR count). The lowest BCUT2D eigenvalue weighted by atomic mass is 9.44. The second-order valence-electron chi connectivity index (χ2n) is 16.1. The summed E-state index contributed by atoms with van der Waals surface area (Å²) < 4.78 is 17.0. The monoisotopic (exact) mass is 560 g/mol. The van der Waals surface area contributed by atoms with Crippen molar-refractivity contribution in [2.75, 3.05) is 13.7 Å². The van der Waals surface area contributed by atoms with Crippen LogP contribution >= 0.6 is 0 Å². The molecule has 7 unspecified atom stereocenters. The molecule has 0 radical (unpaired) electrons. The van der Waals surface area contributed by atoms with Crippen molar-refractivity contribution in [3.05, 3.63) is 0 Å². The summed E-state index contributed by atoms with van der Waals surface area (Å²) in [5.74, 6) is 4.25. The van der Waals surface area contributed by atoms with E-state index in [4.69, 9.17) is 14.2 Å². The molecule has 4 aliphatic rings. The number of carbonyl (C=O) groups excluding carboxylic acids is 2. The maximum atomic E-state index is 12.8. The standard InChI is InChI=1S/C35H60O5/c1-10-32(3,4)31(37)39-25-17-19-34(7)24(21-25)12-13-26-28-15-14-27(35(28,8)20-18-29(26)34)23(2)11-16-30(36)40-33(5,6)22-38-9/h23-29H,10-22H2,1-9H3/t23?,24?,25?,26?,27?,28?,29?,34-,35+/m0/s1. The van der Waals surface area contributed by atoms with Crippen LogP contribution in [-0.4, -0.2) is 37.4 Å². The number of esters is 2. The molecule has 5 nitrogen and oxygen atoms in total. The number of rotatable bonds is 10. The zero-order chi connectivity index (χ0) is 29.5. The molecular formula is C35H60O5. The molecule has 0 heterocycles. The molecule has 0 amide bonds. The van der Waals surface area contributed by atoms with Crippen LogP contribution in [0.3, 0.4) is 0 Å². The number of hydrogen-bond acceptors (Lipinski definition) is 5. The number of ether oxygens (including phenoxy) is 3. The molecule has 0 aliphatic heterocycles. The Balaban J connectivity index is 1.36. The molecule has 0 bridgehead atoms. The van der Waals surface area contributed by atoms with Gasteiger partial charge in [0.05, 0.1) is 12.0 Å². The molecule has 0 spiro atoms. The van der Waals surface area contributed by atoms with Crippen molar-refractivity contribution in [1.82, 2.24) is 0 Å². The Kier molecular flexibility index (Phi) is 9.45. The topological polar surface area (TPSA) is 61.8 Å². The van der Waals surface area contributed by atoms with Crippen LogP contribution in [0.5, 0.6) is 0 Å². The van der Waals surface area contributed by atoms with Crippen molar-refractivity contribution in [2.24, 2.45) is 51.8 Å². The zero-order valence-corrected chi connectivity index (χ0v) is 27.3. The Hall–Kier alpha value is -1.10. The molecular weight excluding hydrogens is 500 g/mol. The minimum absolute atomic E-state index is 0.0104. The third kappa shape index (κ3) is 6.16. The second kappa shape index (κ2) is 11.9. The van der Waals surface area contributed by atoms with E-state index in [9.17, 15) is 9.59 Å². The fraction of sp³-hybridized carbons (Fsp3) is 0.943. The van der Waals surface area contributed by atoms with E-state index in [1.54, 1.807) is 7.11 Å². The highest BCUT2D eigenvalue weighted by Gasteiger charge is 2.60. The quantitative estimate of drug-likeness (QED) is 0.251. The predicted octanol–water partition coefficient (Wildman–Crippen LogP) is 8.38. The van der Waals surface area contributed by atoms with E-state index in [2.05, 4.69) is 27.7 Å². The van der Waals surface area contributed by atoms with Gasteiger partial charge in [-0.2, -0.15) is 0 Å². The summed E-state index contributed by atoms with van der Waals surface area (Å²) >= 11 is 0. The lowest BCUT2D eigenvalue weighted by molar-refractivity contribution is -0.171. The van der Waals surface area contributed by atoms with Gasteiger partial charge in [-0.3, -0.25) is 9.59 Å². The van der Waals surface area contributed by atoms with E-state index in [0.717, 1.165) is 43.4 Å². The fourth-order valence-corrected chi connectivity index (χ4v) is 10.0. The van der Waals surface area contributed by atoms with Crippen LogP contribution < -0.4 is 0 Å². The zero-order valence-electron chi connectivity index (χ0n) is 27.3. The van der Waals surface area contributed by atoms with Gasteiger partial charge in [-0.25, -0.2) is 0 Å². The minimum atomic E-state index is -0.570. The molecule has 0 aromatic rings. The Morgan fingerprint density at radius 3 is 2.27 bits per heavy atom. The molecule has 0 aromatic carbocycles. The predicted molar refractivity (Wildman–Crippen MR) is 160 cm³/mol. The van der Waals surface area contributed by atoms with Gasteiger partial charge in [0.25, 0.3) is 0 Å². The van der Waals surface area contributed by atoms with Gasteiger partial charge >= 0.3 is 11.9 Å². The first kappa shape index (κ1) is 31.8. The first-order chi connectivity index (χ1) is 18.7. The van der Waals surface area contributed by atoms with Crippen LogP contribution in [0.2, 0.25) is 0 Å². The molecule has 40 heavy (non-hydrogen) atoms. The molecule has 0 saturated heterocycles. The van der Waals surface area contributed by atoms with E-state index < -0.39 is 5.60 Å². The maximum absolute atomic E-state index is 12.8. The van der Waals surface area contributed by atoms with Gasteiger partial charge in [-0.1, -0.05) is 27.7 Å². The molecule has 9 atom stereocenters. The highest BCUT2D eigenvalue weighted by atomic mass is 16.6. The highest BCUT2D eigenvalue weighted by Crippen LogP contribution is 2.68. The molecule has 0 aromatic heterocycles. The van der Waals surface area contributed by atoms with E-state index in [-0.39, 0.29) is 23.5 Å². The molecule has 4 fully saturated rings. The van der Waals surface area contributed by atoms with E-state index in [0.29, 0.717) is 41.6 Å². The van der Waals surface area contributed by atoms with Crippen LogP contribution in [0.15, 0.2) is 0 Å². The summed E-state index contributed by atoms with van der Waals surface area (Å²) in [5.41, 5.74) is -0.180. The lowest BCUT2D eigenvalue weighted by Crippen LogP contribution is -2.54. The summed E-state index contributed by atoms with van der Waals surface area (Å²) in [5, 5.41) is 0. The Morgan fingerprint density at radius 1 is 0.925 bits per heavy atom. The van der Waals surface area contributed by atoms with Crippen LogP contribution in [0.1, 0.15) is 132 Å². The third-order valence-corrected chi connectivity index (χ3v) is 12.8. The average Bonchev–Trinajstić information content (AvgIpc) is 3.24. The van der Waals surface area contributed by atoms with Crippen molar-refractivity contribution in [2.45, 2.75) is 144 Å². The van der Waals surface area contributed by atoms with Gasteiger partial charge in [0.15, 0.2) is 0 Å². The first-order valence-electron chi connectivity index (χ1n) is 16.6. The summed E-state index contributed by atoms with van der Waals surface area (Å²) in [6.45, 7) is 17.9. The normalized spacial score (nSPS) is 38.5. The minimum Gasteiger partial charge on any atom is -0.462 e. The maximum Gasteiger partial charge on any atom is 0.311 e. The summed E-state index contributed by atoms with van der Waals surface area (Å²) in [6.07, 6.45) is 13.6. The van der Waals surface area contributed by atoms with Gasteiger partial charge in [0, 0.05) is 13.5 Å². The number of hydrogen-bond donors (Lipinski definition) is 0. The summed E-state index contributed by atoms with van der Waals surface area (Å²) in [7, 11) is 1.65. The lowest BCUT2D eigenvalue weighted by Gasteiger charge is -2.61. The molecule has 4 aliphatic carbocycles. The van der Waals surface area contributed by atoms with Gasteiger partial charge in [0.1, 0.15) is 11.7 Å². The largest absolute Gasteiger partial charge is 0.462 e. The number of carbonyl (C=O) groups is 2. The third-order valence-electron chi connectivity index (χ3n) is 12.8. The molecule has 5 heteroatoms. The van der Waals surface area contributed by atoms with Crippen LogP contribution in [0.4, 0.5) is 0 Å². The Morgan fingerprint density at radius 2 is 1.60 bits per heavy atom. The Labute approximate surface area is 245 Å². The second-order valence-corrected chi connectivity index (χ2v) is 16.1. The highest BCUT2D eigenvalue weighted by molar-refractivity contribution is 5.76. The van der Waals surface area contributed by atoms with Crippen molar-refractivity contribution < 1.29 is 23.8 Å². The number of fused-ring (bicyclic) bond motifs is 5. The van der Waals surface area contributed by atoms with Crippen molar-refractivity contribution in [3.8, 4) is 0 Å². The summed E-state index contributed by atoms with van der Waals surface area (Å²) in [4.78, 5) is 25.4. The van der Waals surface area contributed by atoms with E-state index in [1.165, 1.54) is 44.9 Å². The average molecular weight is 561 g/mol. The van der Waals surface area contributed by atoms with Crippen LogP contribution in [-0.2, 0) is 23.8 Å². The van der Waals surface area contributed by atoms with E-state index >= 15 is 0 Å². The van der Waals surface area contributed by atoms with Crippen LogP contribution in [0.25, 0.3) is 0 Å². The van der Waals surface area contributed by atoms with Crippen molar-refractivity contribution in [1.29, 1.82) is 0 Å². The number of methoxy groups -OCH3 is 1. The smallest absolute Gasteiger partial charge is 0.311 e. The first-order valence-corrected chi connectivity index (χ1v) is 16.6. The van der Waals surface area contributed by atoms with Gasteiger partial charge < -0.3 is 14.2 Å². The van der Waals surface area contributed by atoms with Gasteiger partial charge in [0.2, 0.25) is 0 Å². The summed E-state index contributed by atoms with van der Waals surface area (Å²) in [6, 6.07) is 0. The van der Waals surface area contributed by atoms with Crippen molar-refractivity contribution >= 4 is 11.9 Å². The fourth-order valence-electron chi connectivity index (χ4n) is 10.0. The van der Waals surface area contributed by atoms with Gasteiger partial charge in [-0.15, -0.1) is 0 Å². The molecule has 230 valence electrons. The Bertz CT molecular complexity index is 909. The molecule has 0 N–H and O–H groups in total. The SMILES string of the molecule is CCC(C)(C)C(=O)OC1CC[C@@]2(C)C(CCC3C4CCC(C(C)CCC(=O)OC(C)(C)COC)[C@@]4(C)CCC32)C1. The van der Waals surface area contributed by atoms with Crippen molar-refractivity contribution in [3.63, 3.8) is 0 Å². The van der Waals surface area contributed by atoms with Crippen LogP contribution in [0, 0.1) is 51.8 Å². The van der Waals surface area contributed by atoms with E-state index in [1.807, 2.05) is 27.7 Å².